The normalized spacial score (nSPS) is 15.5. The quantitative estimate of drug-likeness (QED) is 0.609. The fraction of sp³-hybridized carbons (Fsp3) is 0.500. The van der Waals surface area contributed by atoms with E-state index in [9.17, 15) is 9.59 Å². The summed E-state index contributed by atoms with van der Waals surface area (Å²) in [6.45, 7) is 0.482. The maximum atomic E-state index is 11.9. The second-order valence-corrected chi connectivity index (χ2v) is 6.53. The molecule has 1 aliphatic carbocycles. The first-order chi connectivity index (χ1) is 10.2. The SMILES string of the molecule is O=C(COC(=O)c1ccccc1I)NCC1CCCCC1. The van der Waals surface area contributed by atoms with Crippen molar-refractivity contribution in [2.24, 2.45) is 5.92 Å². The fourth-order valence-corrected chi connectivity index (χ4v) is 3.14. The summed E-state index contributed by atoms with van der Waals surface area (Å²) >= 11 is 2.08. The largest absolute Gasteiger partial charge is 0.452 e. The van der Waals surface area contributed by atoms with Crippen molar-refractivity contribution in [3.05, 3.63) is 33.4 Å². The Morgan fingerprint density at radius 2 is 1.90 bits per heavy atom. The van der Waals surface area contributed by atoms with Crippen molar-refractivity contribution in [2.75, 3.05) is 13.2 Å². The molecule has 0 bridgehead atoms. The highest BCUT2D eigenvalue weighted by Crippen LogP contribution is 2.22. The third-order valence-electron chi connectivity index (χ3n) is 3.74. The smallest absolute Gasteiger partial charge is 0.339 e. The van der Waals surface area contributed by atoms with Crippen LogP contribution < -0.4 is 5.32 Å². The minimum atomic E-state index is -0.451. The third kappa shape index (κ3) is 5.30. The summed E-state index contributed by atoms with van der Waals surface area (Å²) in [4.78, 5) is 23.6. The van der Waals surface area contributed by atoms with Gasteiger partial charge in [-0.3, -0.25) is 4.79 Å². The van der Waals surface area contributed by atoms with Gasteiger partial charge < -0.3 is 10.1 Å². The molecule has 1 N–H and O–H groups in total. The molecule has 0 atom stereocenters. The summed E-state index contributed by atoms with van der Waals surface area (Å²) in [5.74, 6) is -0.0962. The highest BCUT2D eigenvalue weighted by molar-refractivity contribution is 14.1. The number of carbonyl (C=O) groups excluding carboxylic acids is 2. The third-order valence-corrected chi connectivity index (χ3v) is 4.68. The molecule has 1 saturated carbocycles. The van der Waals surface area contributed by atoms with Gasteiger partial charge in [-0.1, -0.05) is 31.4 Å². The molecular formula is C16H20INO3. The topological polar surface area (TPSA) is 55.4 Å². The minimum Gasteiger partial charge on any atom is -0.452 e. The molecule has 0 heterocycles. The highest BCUT2D eigenvalue weighted by atomic mass is 127. The first-order valence-electron chi connectivity index (χ1n) is 7.35. The van der Waals surface area contributed by atoms with Crippen LogP contribution in [0.4, 0.5) is 0 Å². The van der Waals surface area contributed by atoms with Crippen LogP contribution in [0.15, 0.2) is 24.3 Å². The van der Waals surface area contributed by atoms with Crippen LogP contribution in [0.25, 0.3) is 0 Å². The molecule has 1 amide bonds. The van der Waals surface area contributed by atoms with Gasteiger partial charge >= 0.3 is 5.97 Å². The van der Waals surface area contributed by atoms with Crippen LogP contribution in [0, 0.1) is 9.49 Å². The van der Waals surface area contributed by atoms with Crippen molar-refractivity contribution in [2.45, 2.75) is 32.1 Å². The molecule has 2 rings (SSSR count). The van der Waals surface area contributed by atoms with E-state index < -0.39 is 5.97 Å². The summed E-state index contributed by atoms with van der Waals surface area (Å²) in [7, 11) is 0. The number of carbonyl (C=O) groups is 2. The maximum absolute atomic E-state index is 11.9. The van der Waals surface area contributed by atoms with E-state index in [-0.39, 0.29) is 12.5 Å². The van der Waals surface area contributed by atoms with Gasteiger partial charge in [0.25, 0.3) is 5.91 Å². The molecule has 0 radical (unpaired) electrons. The number of nitrogens with one attached hydrogen (secondary N) is 1. The molecule has 0 aromatic heterocycles. The number of esters is 1. The Hall–Kier alpha value is -1.11. The van der Waals surface area contributed by atoms with Gasteiger partial charge in [-0.2, -0.15) is 0 Å². The van der Waals surface area contributed by atoms with E-state index in [4.69, 9.17) is 4.74 Å². The average molecular weight is 401 g/mol. The molecule has 21 heavy (non-hydrogen) atoms. The Balaban J connectivity index is 1.71. The van der Waals surface area contributed by atoms with Crippen molar-refractivity contribution < 1.29 is 14.3 Å². The molecule has 114 valence electrons. The van der Waals surface area contributed by atoms with Gasteiger partial charge in [-0.05, 0) is 53.5 Å². The molecule has 0 aliphatic heterocycles. The van der Waals surface area contributed by atoms with E-state index >= 15 is 0 Å². The van der Waals surface area contributed by atoms with Crippen LogP contribution >= 0.6 is 22.6 Å². The Morgan fingerprint density at radius 1 is 1.19 bits per heavy atom. The van der Waals surface area contributed by atoms with Crippen molar-refractivity contribution in [3.8, 4) is 0 Å². The van der Waals surface area contributed by atoms with Crippen molar-refractivity contribution in [3.63, 3.8) is 0 Å². The standard InChI is InChI=1S/C16H20INO3/c17-14-9-5-4-8-13(14)16(20)21-11-15(19)18-10-12-6-2-1-3-7-12/h4-5,8-9,12H,1-3,6-7,10-11H2,(H,18,19). The lowest BCUT2D eigenvalue weighted by atomic mass is 9.89. The zero-order valence-corrected chi connectivity index (χ0v) is 14.1. The van der Waals surface area contributed by atoms with Gasteiger partial charge in [-0.25, -0.2) is 4.79 Å². The molecule has 0 spiro atoms. The van der Waals surface area contributed by atoms with Gasteiger partial charge in [-0.15, -0.1) is 0 Å². The second kappa shape index (κ2) is 8.36. The average Bonchev–Trinajstić information content (AvgIpc) is 2.52. The zero-order chi connectivity index (χ0) is 15.1. The van der Waals surface area contributed by atoms with Crippen LogP contribution in [0.5, 0.6) is 0 Å². The van der Waals surface area contributed by atoms with E-state index in [0.717, 1.165) is 3.57 Å². The van der Waals surface area contributed by atoms with Crippen molar-refractivity contribution in [1.82, 2.24) is 5.32 Å². The monoisotopic (exact) mass is 401 g/mol. The summed E-state index contributed by atoms with van der Waals surface area (Å²) < 4.78 is 5.88. The van der Waals surface area contributed by atoms with Gasteiger partial charge in [0.15, 0.2) is 6.61 Å². The second-order valence-electron chi connectivity index (χ2n) is 5.36. The number of hydrogen-bond donors (Lipinski definition) is 1. The molecule has 1 aromatic rings. The Bertz CT molecular complexity index is 498. The summed E-state index contributed by atoms with van der Waals surface area (Å²) in [6.07, 6.45) is 6.17. The first-order valence-corrected chi connectivity index (χ1v) is 8.43. The molecular weight excluding hydrogens is 381 g/mol. The summed E-state index contributed by atoms with van der Waals surface area (Å²) in [5, 5.41) is 2.86. The summed E-state index contributed by atoms with van der Waals surface area (Å²) in [6, 6.07) is 7.17. The minimum absolute atomic E-state index is 0.212. The number of halogens is 1. The lowest BCUT2D eigenvalue weighted by molar-refractivity contribution is -0.124. The van der Waals surface area contributed by atoms with Crippen LogP contribution in [0.3, 0.4) is 0 Å². The Labute approximate surface area is 138 Å². The van der Waals surface area contributed by atoms with Crippen molar-refractivity contribution in [1.29, 1.82) is 0 Å². The van der Waals surface area contributed by atoms with Crippen LogP contribution in [-0.2, 0) is 9.53 Å². The lowest BCUT2D eigenvalue weighted by Crippen LogP contribution is -2.33. The van der Waals surface area contributed by atoms with Gasteiger partial charge in [0.05, 0.1) is 5.56 Å². The predicted molar refractivity (Wildman–Crippen MR) is 89.0 cm³/mol. The number of hydrogen-bond acceptors (Lipinski definition) is 3. The van der Waals surface area contributed by atoms with E-state index in [1.54, 1.807) is 12.1 Å². The molecule has 5 heteroatoms. The fourth-order valence-electron chi connectivity index (χ4n) is 2.54. The molecule has 0 unspecified atom stereocenters. The van der Waals surface area contributed by atoms with Crippen LogP contribution in [-0.4, -0.2) is 25.0 Å². The van der Waals surface area contributed by atoms with Crippen molar-refractivity contribution >= 4 is 34.5 Å². The first kappa shape index (κ1) is 16.3. The van der Waals surface area contributed by atoms with E-state index in [1.807, 2.05) is 12.1 Å². The van der Waals surface area contributed by atoms with Crippen LogP contribution in [0.1, 0.15) is 42.5 Å². The van der Waals surface area contributed by atoms with Crippen LogP contribution in [0.2, 0.25) is 0 Å². The van der Waals surface area contributed by atoms with Gasteiger partial charge in [0.2, 0.25) is 0 Å². The number of benzene rings is 1. The van der Waals surface area contributed by atoms with E-state index in [2.05, 4.69) is 27.9 Å². The van der Waals surface area contributed by atoms with E-state index in [1.165, 1.54) is 32.1 Å². The Kier molecular flexibility index (Phi) is 6.48. The molecule has 1 aromatic carbocycles. The molecule has 0 saturated heterocycles. The Morgan fingerprint density at radius 3 is 2.62 bits per heavy atom. The molecule has 1 aliphatic rings. The summed E-state index contributed by atoms with van der Waals surface area (Å²) in [5.41, 5.74) is 0.498. The van der Waals surface area contributed by atoms with Gasteiger partial charge in [0, 0.05) is 10.1 Å². The zero-order valence-electron chi connectivity index (χ0n) is 11.9. The predicted octanol–water partition coefficient (Wildman–Crippen LogP) is 3.14. The van der Waals surface area contributed by atoms with E-state index in [0.29, 0.717) is 18.0 Å². The number of amides is 1. The maximum Gasteiger partial charge on any atom is 0.339 e. The lowest BCUT2D eigenvalue weighted by Gasteiger charge is -2.21. The molecule has 1 fully saturated rings. The van der Waals surface area contributed by atoms with Gasteiger partial charge in [0.1, 0.15) is 0 Å². The molecule has 4 nitrogen and oxygen atoms in total. The number of rotatable bonds is 5. The number of ether oxygens (including phenoxy) is 1. The highest BCUT2D eigenvalue weighted by Gasteiger charge is 2.16.